The van der Waals surface area contributed by atoms with Crippen LogP contribution in [0.1, 0.15) is 6.92 Å². The zero-order valence-corrected chi connectivity index (χ0v) is 10.0. The van der Waals surface area contributed by atoms with Crippen LogP contribution in [0.5, 0.6) is 5.75 Å². The molecule has 0 aliphatic rings. The zero-order valence-electron chi connectivity index (χ0n) is 8.45. The van der Waals surface area contributed by atoms with E-state index in [1.54, 1.807) is 32.2 Å². The maximum absolute atomic E-state index is 11.2. The van der Waals surface area contributed by atoms with Crippen LogP contribution in [0, 0.1) is 0 Å². The molecule has 82 valence electrons. The third-order valence-electron chi connectivity index (χ3n) is 1.58. The van der Waals surface area contributed by atoms with Crippen LogP contribution >= 0.6 is 23.4 Å². The van der Waals surface area contributed by atoms with Gasteiger partial charge in [-0.2, -0.15) is 0 Å². The first-order valence-electron chi connectivity index (χ1n) is 4.35. The first-order valence-corrected chi connectivity index (χ1v) is 5.55. The van der Waals surface area contributed by atoms with E-state index in [4.69, 9.17) is 21.1 Å². The molecule has 1 aromatic rings. The normalized spacial score (nSPS) is 9.80. The number of halogens is 1. The van der Waals surface area contributed by atoms with Crippen LogP contribution in [0.25, 0.3) is 0 Å². The topological polar surface area (TPSA) is 35.5 Å². The number of rotatable bonds is 3. The van der Waals surface area contributed by atoms with Crippen molar-refractivity contribution in [2.45, 2.75) is 11.8 Å². The van der Waals surface area contributed by atoms with Gasteiger partial charge in [-0.1, -0.05) is 11.6 Å². The maximum Gasteiger partial charge on any atom is 0.372 e. The zero-order chi connectivity index (χ0) is 11.3. The Bertz CT molecular complexity index is 355. The van der Waals surface area contributed by atoms with Gasteiger partial charge in [-0.3, -0.25) is 0 Å². The summed E-state index contributed by atoms with van der Waals surface area (Å²) >= 11 is 6.78. The van der Waals surface area contributed by atoms with Gasteiger partial charge in [-0.15, -0.1) is 0 Å². The minimum absolute atomic E-state index is 0.356. The van der Waals surface area contributed by atoms with Crippen LogP contribution < -0.4 is 4.74 Å². The summed E-state index contributed by atoms with van der Waals surface area (Å²) < 4.78 is 9.90. The summed E-state index contributed by atoms with van der Waals surface area (Å²) in [7, 11) is 1.54. The molecule has 3 nitrogen and oxygen atoms in total. The monoisotopic (exact) mass is 246 g/mol. The van der Waals surface area contributed by atoms with Gasteiger partial charge in [0.25, 0.3) is 0 Å². The van der Waals surface area contributed by atoms with Gasteiger partial charge < -0.3 is 9.47 Å². The van der Waals surface area contributed by atoms with Crippen LogP contribution in [0.15, 0.2) is 23.1 Å². The number of thioether (sulfide) groups is 1. The fourth-order valence-corrected chi connectivity index (χ4v) is 2.00. The molecule has 1 rings (SSSR count). The van der Waals surface area contributed by atoms with E-state index >= 15 is 0 Å². The van der Waals surface area contributed by atoms with E-state index in [-0.39, 0.29) is 5.30 Å². The van der Waals surface area contributed by atoms with Crippen LogP contribution in [-0.4, -0.2) is 19.0 Å². The van der Waals surface area contributed by atoms with Crippen LogP contribution in [0.2, 0.25) is 5.02 Å². The number of carbonyl (C=O) groups excluding carboxylic acids is 1. The fourth-order valence-electron chi connectivity index (χ4n) is 0.967. The summed E-state index contributed by atoms with van der Waals surface area (Å²) in [6.07, 6.45) is 0. The number of carbonyl (C=O) groups is 1. The van der Waals surface area contributed by atoms with Crippen molar-refractivity contribution in [2.24, 2.45) is 0 Å². The lowest BCUT2D eigenvalue weighted by Crippen LogP contribution is -1.96. The van der Waals surface area contributed by atoms with Crippen LogP contribution in [0.4, 0.5) is 4.79 Å². The number of methoxy groups -OCH3 is 1. The average molecular weight is 247 g/mol. The van der Waals surface area contributed by atoms with Crippen molar-refractivity contribution in [1.29, 1.82) is 0 Å². The summed E-state index contributed by atoms with van der Waals surface area (Å²) in [5, 5.41) is 0.195. The molecule has 0 radical (unpaired) electrons. The molecule has 0 aliphatic heterocycles. The second kappa shape index (κ2) is 5.88. The highest BCUT2D eigenvalue weighted by Crippen LogP contribution is 2.32. The van der Waals surface area contributed by atoms with Crippen LogP contribution in [0.3, 0.4) is 0 Å². The molecule has 0 heterocycles. The standard InChI is InChI=1S/C10H11ClO3S/c1-3-14-10(12)15-9-6-7(11)4-5-8(9)13-2/h4-6H,3H2,1-2H3. The van der Waals surface area contributed by atoms with Gasteiger partial charge in [-0.05, 0) is 36.9 Å². The molecular formula is C10H11ClO3S. The second-order valence-corrected chi connectivity index (χ2v) is 3.99. The summed E-state index contributed by atoms with van der Waals surface area (Å²) in [5.74, 6) is 0.609. The number of hydrogen-bond acceptors (Lipinski definition) is 4. The van der Waals surface area contributed by atoms with Gasteiger partial charge in [-0.25, -0.2) is 4.79 Å². The number of hydrogen-bond donors (Lipinski definition) is 0. The summed E-state index contributed by atoms with van der Waals surface area (Å²) in [6, 6.07) is 5.08. The Morgan fingerprint density at radius 1 is 1.53 bits per heavy atom. The SMILES string of the molecule is CCOC(=O)Sc1cc(Cl)ccc1OC. The Balaban J connectivity index is 2.82. The summed E-state index contributed by atoms with van der Waals surface area (Å²) in [4.78, 5) is 11.9. The van der Waals surface area contributed by atoms with E-state index in [0.717, 1.165) is 11.8 Å². The molecule has 0 bridgehead atoms. The van der Waals surface area contributed by atoms with Gasteiger partial charge in [0, 0.05) is 5.02 Å². The summed E-state index contributed by atoms with van der Waals surface area (Å²) in [6.45, 7) is 2.11. The molecule has 1 aromatic carbocycles. The highest BCUT2D eigenvalue weighted by atomic mass is 35.5. The molecular weight excluding hydrogens is 236 g/mol. The minimum atomic E-state index is -0.363. The van der Waals surface area contributed by atoms with E-state index < -0.39 is 0 Å². The molecule has 0 aromatic heterocycles. The van der Waals surface area contributed by atoms with Crippen molar-refractivity contribution in [3.05, 3.63) is 23.2 Å². The highest BCUT2D eigenvalue weighted by molar-refractivity contribution is 8.13. The van der Waals surface area contributed by atoms with E-state index in [2.05, 4.69) is 0 Å². The van der Waals surface area contributed by atoms with Crippen molar-refractivity contribution in [2.75, 3.05) is 13.7 Å². The molecule has 0 saturated carbocycles. The maximum atomic E-state index is 11.2. The Hall–Kier alpha value is -0.870. The van der Waals surface area contributed by atoms with Gasteiger partial charge in [0.15, 0.2) is 0 Å². The van der Waals surface area contributed by atoms with Gasteiger partial charge in [0.2, 0.25) is 0 Å². The smallest absolute Gasteiger partial charge is 0.372 e. The van der Waals surface area contributed by atoms with E-state index in [9.17, 15) is 4.79 Å². The third-order valence-corrected chi connectivity index (χ3v) is 2.64. The van der Waals surface area contributed by atoms with Crippen molar-refractivity contribution in [3.63, 3.8) is 0 Å². The molecule has 0 atom stereocenters. The van der Waals surface area contributed by atoms with E-state index in [0.29, 0.717) is 22.3 Å². The van der Waals surface area contributed by atoms with Gasteiger partial charge >= 0.3 is 5.30 Å². The van der Waals surface area contributed by atoms with Crippen molar-refractivity contribution in [3.8, 4) is 5.75 Å². The predicted molar refractivity (Wildman–Crippen MR) is 60.9 cm³/mol. The lowest BCUT2D eigenvalue weighted by molar-refractivity contribution is 0.181. The molecule has 0 amide bonds. The average Bonchev–Trinajstić information content (AvgIpc) is 2.18. The molecule has 0 N–H and O–H groups in total. The molecule has 0 spiro atoms. The Labute approximate surface area is 97.7 Å². The Morgan fingerprint density at radius 2 is 2.27 bits per heavy atom. The molecule has 15 heavy (non-hydrogen) atoms. The quantitative estimate of drug-likeness (QED) is 0.603. The van der Waals surface area contributed by atoms with Gasteiger partial charge in [0.1, 0.15) is 5.75 Å². The van der Waals surface area contributed by atoms with Crippen molar-refractivity contribution < 1.29 is 14.3 Å². The van der Waals surface area contributed by atoms with Crippen molar-refractivity contribution >= 4 is 28.7 Å². The second-order valence-electron chi connectivity index (χ2n) is 2.58. The third kappa shape index (κ3) is 3.64. The molecule has 0 aliphatic carbocycles. The molecule has 0 saturated heterocycles. The predicted octanol–water partition coefficient (Wildman–Crippen LogP) is 3.60. The van der Waals surface area contributed by atoms with E-state index in [1.165, 1.54) is 0 Å². The number of ether oxygens (including phenoxy) is 2. The molecule has 0 unspecified atom stereocenters. The first kappa shape index (κ1) is 12.2. The number of benzene rings is 1. The molecule has 0 fully saturated rings. The minimum Gasteiger partial charge on any atom is -0.496 e. The van der Waals surface area contributed by atoms with E-state index in [1.807, 2.05) is 0 Å². The fraction of sp³-hybridized carbons (Fsp3) is 0.300. The Morgan fingerprint density at radius 3 is 2.87 bits per heavy atom. The van der Waals surface area contributed by atoms with Gasteiger partial charge in [0.05, 0.1) is 18.6 Å². The first-order chi connectivity index (χ1) is 7.17. The summed E-state index contributed by atoms with van der Waals surface area (Å²) in [5.41, 5.74) is 0. The van der Waals surface area contributed by atoms with Crippen molar-refractivity contribution in [1.82, 2.24) is 0 Å². The Kier molecular flexibility index (Phi) is 4.78. The highest BCUT2D eigenvalue weighted by Gasteiger charge is 2.10. The lowest BCUT2D eigenvalue weighted by Gasteiger charge is -2.07. The lowest BCUT2D eigenvalue weighted by atomic mass is 10.3. The van der Waals surface area contributed by atoms with Crippen LogP contribution in [-0.2, 0) is 4.74 Å². The molecule has 5 heteroatoms. The largest absolute Gasteiger partial charge is 0.496 e.